The van der Waals surface area contributed by atoms with E-state index in [1.807, 2.05) is 24.3 Å². The fourth-order valence-corrected chi connectivity index (χ4v) is 2.91. The Balaban J connectivity index is 1.97. The normalized spacial score (nSPS) is 16.3. The molecule has 0 spiro atoms. The third-order valence-electron chi connectivity index (χ3n) is 3.89. The first-order valence-corrected chi connectivity index (χ1v) is 8.54. The lowest BCUT2D eigenvalue weighted by Gasteiger charge is -2.29. The zero-order valence-electron chi connectivity index (χ0n) is 13.5. The Labute approximate surface area is 156 Å². The predicted molar refractivity (Wildman–Crippen MR) is 103 cm³/mol. The molecule has 4 nitrogen and oxygen atoms in total. The highest BCUT2D eigenvalue weighted by Gasteiger charge is 2.34. The number of aryl methyl sites for hydroxylation is 1. The molecule has 0 radical (unpaired) electrons. The lowest BCUT2D eigenvalue weighted by Crippen LogP contribution is -2.54. The largest absolute Gasteiger partial charge is 0.298 e. The number of carbonyl (C=O) groups is 2. The molecule has 0 atom stereocenters. The standard InChI is InChI=1S/C19H15ClN2O2S/c1-2-12-5-9-15(10-6-12)22-18(24)16(17(23)21-19(22)25)11-13-3-7-14(20)8-4-13/h3-11H,2H2,1H3,(H,21,23,25)/b16-11+. The molecule has 0 aromatic heterocycles. The number of halogens is 1. The summed E-state index contributed by atoms with van der Waals surface area (Å²) in [6, 6.07) is 14.4. The zero-order valence-corrected chi connectivity index (χ0v) is 15.0. The van der Waals surface area contributed by atoms with Crippen LogP contribution in [0.3, 0.4) is 0 Å². The van der Waals surface area contributed by atoms with Crippen molar-refractivity contribution in [2.24, 2.45) is 0 Å². The topological polar surface area (TPSA) is 49.4 Å². The minimum Gasteiger partial charge on any atom is -0.298 e. The smallest absolute Gasteiger partial charge is 0.270 e. The van der Waals surface area contributed by atoms with E-state index in [9.17, 15) is 9.59 Å². The summed E-state index contributed by atoms with van der Waals surface area (Å²) in [7, 11) is 0. The molecule has 0 aliphatic carbocycles. The van der Waals surface area contributed by atoms with Crippen molar-refractivity contribution in [1.82, 2.24) is 5.32 Å². The Morgan fingerprint density at radius 3 is 2.32 bits per heavy atom. The van der Waals surface area contributed by atoms with E-state index in [1.54, 1.807) is 24.3 Å². The maximum absolute atomic E-state index is 12.9. The molecule has 0 bridgehead atoms. The molecule has 1 saturated heterocycles. The molecule has 1 N–H and O–H groups in total. The van der Waals surface area contributed by atoms with E-state index in [2.05, 4.69) is 12.2 Å². The van der Waals surface area contributed by atoms with Crippen LogP contribution < -0.4 is 10.2 Å². The van der Waals surface area contributed by atoms with Gasteiger partial charge in [0, 0.05) is 5.02 Å². The van der Waals surface area contributed by atoms with Crippen molar-refractivity contribution in [2.75, 3.05) is 4.90 Å². The van der Waals surface area contributed by atoms with Gasteiger partial charge in [0.15, 0.2) is 5.11 Å². The summed E-state index contributed by atoms with van der Waals surface area (Å²) in [5.74, 6) is -0.959. The van der Waals surface area contributed by atoms with E-state index in [0.717, 1.165) is 12.0 Å². The van der Waals surface area contributed by atoms with Crippen LogP contribution in [0.1, 0.15) is 18.1 Å². The van der Waals surface area contributed by atoms with Crippen LogP contribution in [0.15, 0.2) is 54.1 Å². The first kappa shape index (κ1) is 17.3. The van der Waals surface area contributed by atoms with Gasteiger partial charge >= 0.3 is 0 Å². The average molecular weight is 371 g/mol. The number of nitrogens with one attached hydrogen (secondary N) is 1. The van der Waals surface area contributed by atoms with E-state index < -0.39 is 11.8 Å². The number of thiocarbonyl (C=S) groups is 1. The van der Waals surface area contributed by atoms with Gasteiger partial charge in [-0.2, -0.15) is 0 Å². The van der Waals surface area contributed by atoms with Gasteiger partial charge in [0.25, 0.3) is 11.8 Å². The molecule has 3 rings (SSSR count). The number of hydrogen-bond donors (Lipinski definition) is 1. The van der Waals surface area contributed by atoms with Crippen LogP contribution in [-0.4, -0.2) is 16.9 Å². The maximum Gasteiger partial charge on any atom is 0.270 e. The fraction of sp³-hybridized carbons (Fsp3) is 0.105. The van der Waals surface area contributed by atoms with Crippen molar-refractivity contribution in [3.63, 3.8) is 0 Å². The van der Waals surface area contributed by atoms with E-state index in [-0.39, 0.29) is 10.7 Å². The Bertz CT molecular complexity index is 873. The second-order valence-corrected chi connectivity index (χ2v) is 6.35. The van der Waals surface area contributed by atoms with E-state index in [4.69, 9.17) is 23.8 Å². The van der Waals surface area contributed by atoms with Crippen molar-refractivity contribution in [1.29, 1.82) is 0 Å². The zero-order chi connectivity index (χ0) is 18.0. The summed E-state index contributed by atoms with van der Waals surface area (Å²) in [5, 5.41) is 3.23. The Morgan fingerprint density at radius 2 is 1.72 bits per heavy atom. The predicted octanol–water partition coefficient (Wildman–Crippen LogP) is 3.73. The van der Waals surface area contributed by atoms with E-state index in [1.165, 1.54) is 11.0 Å². The molecule has 1 aliphatic rings. The van der Waals surface area contributed by atoms with Crippen LogP contribution in [0.25, 0.3) is 6.08 Å². The van der Waals surface area contributed by atoms with Crippen LogP contribution in [0.4, 0.5) is 5.69 Å². The van der Waals surface area contributed by atoms with Crippen molar-refractivity contribution >= 4 is 52.5 Å². The van der Waals surface area contributed by atoms with Crippen LogP contribution in [-0.2, 0) is 16.0 Å². The number of anilines is 1. The Morgan fingerprint density at radius 1 is 1.08 bits per heavy atom. The molecular formula is C19H15ClN2O2S. The Kier molecular flexibility index (Phi) is 4.97. The quantitative estimate of drug-likeness (QED) is 0.508. The van der Waals surface area contributed by atoms with Crippen molar-refractivity contribution in [3.05, 3.63) is 70.3 Å². The van der Waals surface area contributed by atoms with Gasteiger partial charge < -0.3 is 0 Å². The summed E-state index contributed by atoms with van der Waals surface area (Å²) < 4.78 is 0. The molecule has 2 aromatic rings. The van der Waals surface area contributed by atoms with Crippen molar-refractivity contribution in [3.8, 4) is 0 Å². The highest BCUT2D eigenvalue weighted by molar-refractivity contribution is 7.80. The molecule has 0 saturated carbocycles. The highest BCUT2D eigenvalue weighted by Crippen LogP contribution is 2.23. The molecule has 2 aromatic carbocycles. The van der Waals surface area contributed by atoms with Gasteiger partial charge in [-0.25, -0.2) is 0 Å². The highest BCUT2D eigenvalue weighted by atomic mass is 35.5. The number of carbonyl (C=O) groups excluding carboxylic acids is 2. The molecule has 1 aliphatic heterocycles. The van der Waals surface area contributed by atoms with E-state index in [0.29, 0.717) is 16.3 Å². The van der Waals surface area contributed by atoms with Crippen molar-refractivity contribution in [2.45, 2.75) is 13.3 Å². The average Bonchev–Trinajstić information content (AvgIpc) is 2.60. The molecular weight excluding hydrogens is 356 g/mol. The molecule has 0 unspecified atom stereocenters. The molecule has 1 heterocycles. The van der Waals surface area contributed by atoms with Gasteiger partial charge in [0.1, 0.15) is 5.57 Å². The van der Waals surface area contributed by atoms with Crippen LogP contribution in [0, 0.1) is 0 Å². The molecule has 25 heavy (non-hydrogen) atoms. The van der Waals surface area contributed by atoms with Gasteiger partial charge in [0.2, 0.25) is 0 Å². The first-order valence-electron chi connectivity index (χ1n) is 7.75. The van der Waals surface area contributed by atoms with E-state index >= 15 is 0 Å². The number of rotatable bonds is 3. The minimum atomic E-state index is -0.508. The van der Waals surface area contributed by atoms with Gasteiger partial charge in [-0.3, -0.25) is 19.8 Å². The molecule has 6 heteroatoms. The second kappa shape index (κ2) is 7.17. The number of benzene rings is 2. The van der Waals surface area contributed by atoms with Crippen LogP contribution >= 0.6 is 23.8 Å². The monoisotopic (exact) mass is 370 g/mol. The van der Waals surface area contributed by atoms with Gasteiger partial charge in [-0.15, -0.1) is 0 Å². The number of nitrogens with zero attached hydrogens (tertiary/aromatic N) is 1. The first-order chi connectivity index (χ1) is 12.0. The maximum atomic E-state index is 12.9. The SMILES string of the molecule is CCc1ccc(N2C(=O)/C(=C/c3ccc(Cl)cc3)C(=O)NC2=S)cc1. The molecule has 1 fully saturated rings. The summed E-state index contributed by atoms with van der Waals surface area (Å²) in [6.45, 7) is 2.05. The second-order valence-electron chi connectivity index (χ2n) is 5.53. The van der Waals surface area contributed by atoms with Gasteiger partial charge in [0.05, 0.1) is 5.69 Å². The lowest BCUT2D eigenvalue weighted by atomic mass is 10.1. The summed E-state index contributed by atoms with van der Waals surface area (Å²) >= 11 is 11.1. The minimum absolute atomic E-state index is 0.0236. The summed E-state index contributed by atoms with van der Waals surface area (Å²) in [4.78, 5) is 26.4. The third-order valence-corrected chi connectivity index (χ3v) is 4.42. The van der Waals surface area contributed by atoms with Crippen LogP contribution in [0.2, 0.25) is 5.02 Å². The Hall–Kier alpha value is -2.50. The molecule has 2 amide bonds. The third kappa shape index (κ3) is 3.62. The van der Waals surface area contributed by atoms with Crippen molar-refractivity contribution < 1.29 is 9.59 Å². The lowest BCUT2D eigenvalue weighted by molar-refractivity contribution is -0.122. The fourth-order valence-electron chi connectivity index (χ4n) is 2.50. The van der Waals surface area contributed by atoms with Gasteiger partial charge in [-0.05, 0) is 60.1 Å². The molecule has 126 valence electrons. The van der Waals surface area contributed by atoms with Crippen LogP contribution in [0.5, 0.6) is 0 Å². The van der Waals surface area contributed by atoms with Gasteiger partial charge in [-0.1, -0.05) is 42.8 Å². The summed E-state index contributed by atoms with van der Waals surface area (Å²) in [6.07, 6.45) is 2.43. The number of amides is 2. The number of hydrogen-bond acceptors (Lipinski definition) is 3. The summed E-state index contributed by atoms with van der Waals surface area (Å²) in [5.41, 5.74) is 2.50.